The van der Waals surface area contributed by atoms with Crippen LogP contribution in [0.2, 0.25) is 0 Å². The number of rotatable bonds is 3. The van der Waals surface area contributed by atoms with E-state index in [9.17, 15) is 9.90 Å². The highest BCUT2D eigenvalue weighted by atomic mass is 16.3. The first-order valence-corrected chi connectivity index (χ1v) is 7.87. The largest absolute Gasteiger partial charge is 0.396 e. The van der Waals surface area contributed by atoms with Gasteiger partial charge in [-0.1, -0.05) is 6.07 Å². The van der Waals surface area contributed by atoms with Gasteiger partial charge >= 0.3 is 6.03 Å². The van der Waals surface area contributed by atoms with Gasteiger partial charge < -0.3 is 15.3 Å². The molecule has 1 saturated heterocycles. The summed E-state index contributed by atoms with van der Waals surface area (Å²) in [5.41, 5.74) is 3.68. The summed E-state index contributed by atoms with van der Waals surface area (Å²) in [6.45, 7) is 5.40. The van der Waals surface area contributed by atoms with Crippen LogP contribution >= 0.6 is 0 Å². The number of benzene rings is 1. The summed E-state index contributed by atoms with van der Waals surface area (Å²) in [6.07, 6.45) is 0.857. The average Bonchev–Trinajstić information content (AvgIpc) is 3.14. The Labute approximate surface area is 135 Å². The maximum Gasteiger partial charge on any atom is 0.321 e. The summed E-state index contributed by atoms with van der Waals surface area (Å²) in [5.74, 6) is 0.196. The fourth-order valence-electron chi connectivity index (χ4n) is 2.97. The number of carbonyl (C=O) groups is 1. The third-order valence-electron chi connectivity index (χ3n) is 4.18. The van der Waals surface area contributed by atoms with Crippen LogP contribution in [0.25, 0.3) is 5.69 Å². The lowest BCUT2D eigenvalue weighted by molar-refractivity contribution is 0.209. The van der Waals surface area contributed by atoms with Gasteiger partial charge in [0.1, 0.15) is 0 Å². The first-order valence-electron chi connectivity index (χ1n) is 7.87. The van der Waals surface area contributed by atoms with Crippen LogP contribution in [0.1, 0.15) is 17.8 Å². The zero-order valence-corrected chi connectivity index (χ0v) is 13.5. The van der Waals surface area contributed by atoms with Gasteiger partial charge in [-0.15, -0.1) is 0 Å². The molecule has 1 unspecified atom stereocenters. The van der Waals surface area contributed by atoms with Crippen LogP contribution in [0, 0.1) is 19.8 Å². The van der Waals surface area contributed by atoms with Gasteiger partial charge in [-0.2, -0.15) is 5.10 Å². The highest BCUT2D eigenvalue weighted by Crippen LogP contribution is 2.19. The summed E-state index contributed by atoms with van der Waals surface area (Å²) in [7, 11) is 0. The number of urea groups is 1. The number of hydrogen-bond donors (Lipinski definition) is 2. The minimum Gasteiger partial charge on any atom is -0.396 e. The predicted octanol–water partition coefficient (Wildman–Crippen LogP) is 2.34. The summed E-state index contributed by atoms with van der Waals surface area (Å²) < 4.78 is 1.86. The van der Waals surface area contributed by atoms with E-state index < -0.39 is 0 Å². The molecule has 3 rings (SSSR count). The second-order valence-electron chi connectivity index (χ2n) is 6.10. The topological polar surface area (TPSA) is 70.4 Å². The van der Waals surface area contributed by atoms with Crippen molar-refractivity contribution in [3.8, 4) is 5.69 Å². The van der Waals surface area contributed by atoms with Gasteiger partial charge in [0.2, 0.25) is 0 Å². The van der Waals surface area contributed by atoms with E-state index in [2.05, 4.69) is 10.4 Å². The fourth-order valence-corrected chi connectivity index (χ4v) is 2.97. The van der Waals surface area contributed by atoms with Gasteiger partial charge in [0, 0.05) is 37.0 Å². The summed E-state index contributed by atoms with van der Waals surface area (Å²) in [4.78, 5) is 14.1. The number of anilines is 1. The fraction of sp³-hybridized carbons (Fsp3) is 0.412. The molecule has 6 heteroatoms. The van der Waals surface area contributed by atoms with E-state index in [-0.39, 0.29) is 18.6 Å². The SMILES string of the molecule is Cc1cc(C)n(-c2cccc(NC(=O)N3CCC(CO)C3)c2)n1. The molecule has 1 fully saturated rings. The number of carbonyl (C=O) groups excluding carboxylic acids is 1. The molecule has 0 aliphatic carbocycles. The third-order valence-corrected chi connectivity index (χ3v) is 4.18. The van der Waals surface area contributed by atoms with Crippen molar-refractivity contribution in [3.63, 3.8) is 0 Å². The molecule has 2 N–H and O–H groups in total. The highest BCUT2D eigenvalue weighted by molar-refractivity contribution is 5.89. The molecule has 2 heterocycles. The van der Waals surface area contributed by atoms with Crippen LogP contribution in [-0.2, 0) is 0 Å². The number of amides is 2. The van der Waals surface area contributed by atoms with Crippen LogP contribution in [0.5, 0.6) is 0 Å². The monoisotopic (exact) mass is 314 g/mol. The van der Waals surface area contributed by atoms with Crippen molar-refractivity contribution in [2.75, 3.05) is 25.0 Å². The van der Waals surface area contributed by atoms with Crippen LogP contribution in [0.3, 0.4) is 0 Å². The third kappa shape index (κ3) is 3.37. The lowest BCUT2D eigenvalue weighted by atomic mass is 10.1. The molecule has 23 heavy (non-hydrogen) atoms. The number of aliphatic hydroxyl groups is 1. The van der Waals surface area contributed by atoms with E-state index in [0.29, 0.717) is 13.1 Å². The van der Waals surface area contributed by atoms with Gasteiger partial charge in [0.15, 0.2) is 0 Å². The lowest BCUT2D eigenvalue weighted by Crippen LogP contribution is -2.33. The molecule has 1 atom stereocenters. The van der Waals surface area contributed by atoms with Gasteiger partial charge in [0.25, 0.3) is 0 Å². The Hall–Kier alpha value is -2.34. The Morgan fingerprint density at radius 2 is 2.22 bits per heavy atom. The molecule has 0 spiro atoms. The average molecular weight is 314 g/mol. The number of aromatic nitrogens is 2. The maximum absolute atomic E-state index is 12.3. The smallest absolute Gasteiger partial charge is 0.321 e. The van der Waals surface area contributed by atoms with Gasteiger partial charge in [-0.3, -0.25) is 0 Å². The number of likely N-dealkylation sites (tertiary alicyclic amines) is 1. The molecule has 122 valence electrons. The number of aliphatic hydroxyl groups excluding tert-OH is 1. The highest BCUT2D eigenvalue weighted by Gasteiger charge is 2.25. The molecule has 1 aromatic heterocycles. The first kappa shape index (κ1) is 15.6. The quantitative estimate of drug-likeness (QED) is 0.913. The summed E-state index contributed by atoms with van der Waals surface area (Å²) in [5, 5.41) is 16.6. The van der Waals surface area contributed by atoms with Crippen molar-refractivity contribution in [2.45, 2.75) is 20.3 Å². The second kappa shape index (κ2) is 6.42. The summed E-state index contributed by atoms with van der Waals surface area (Å²) in [6, 6.07) is 9.55. The molecule has 1 aromatic carbocycles. The lowest BCUT2D eigenvalue weighted by Gasteiger charge is -2.17. The van der Waals surface area contributed by atoms with Crippen LogP contribution < -0.4 is 5.32 Å². The van der Waals surface area contributed by atoms with Gasteiger partial charge in [-0.05, 0) is 44.5 Å². The molecule has 0 bridgehead atoms. The standard InChI is InChI=1S/C17H22N4O2/c1-12-8-13(2)21(19-12)16-5-3-4-15(9-16)18-17(23)20-7-6-14(10-20)11-22/h3-5,8-9,14,22H,6-7,10-11H2,1-2H3,(H,18,23). The molecule has 0 saturated carbocycles. The zero-order valence-electron chi connectivity index (χ0n) is 13.5. The number of aryl methyl sites for hydroxylation is 2. The van der Waals surface area contributed by atoms with Crippen molar-refractivity contribution >= 4 is 11.7 Å². The molecule has 1 aliphatic heterocycles. The Morgan fingerprint density at radius 1 is 1.39 bits per heavy atom. The molecule has 6 nitrogen and oxygen atoms in total. The Morgan fingerprint density at radius 3 is 2.87 bits per heavy atom. The molecule has 2 aromatic rings. The van der Waals surface area contributed by atoms with Crippen LogP contribution in [-0.4, -0.2) is 45.5 Å². The number of hydrogen-bond acceptors (Lipinski definition) is 3. The summed E-state index contributed by atoms with van der Waals surface area (Å²) >= 11 is 0. The van der Waals surface area contributed by atoms with Crippen molar-refractivity contribution < 1.29 is 9.90 Å². The van der Waals surface area contributed by atoms with Crippen LogP contribution in [0.15, 0.2) is 30.3 Å². The van der Waals surface area contributed by atoms with E-state index in [4.69, 9.17) is 0 Å². The molecule has 2 amide bonds. The van der Waals surface area contributed by atoms with Crippen molar-refractivity contribution in [3.05, 3.63) is 41.7 Å². The van der Waals surface area contributed by atoms with Gasteiger partial charge in [-0.25, -0.2) is 9.48 Å². The Bertz CT molecular complexity index is 710. The van der Waals surface area contributed by atoms with E-state index in [1.807, 2.05) is 48.9 Å². The first-order chi connectivity index (χ1) is 11.1. The zero-order chi connectivity index (χ0) is 16.4. The Balaban J connectivity index is 1.73. The Kier molecular flexibility index (Phi) is 4.34. The van der Waals surface area contributed by atoms with E-state index in [1.165, 1.54) is 0 Å². The molecule has 0 radical (unpaired) electrons. The van der Waals surface area contributed by atoms with E-state index in [0.717, 1.165) is 29.2 Å². The maximum atomic E-state index is 12.3. The van der Waals surface area contributed by atoms with Gasteiger partial charge in [0.05, 0.1) is 11.4 Å². The molecular weight excluding hydrogens is 292 g/mol. The number of nitrogens with zero attached hydrogens (tertiary/aromatic N) is 3. The number of nitrogens with one attached hydrogen (secondary N) is 1. The van der Waals surface area contributed by atoms with E-state index >= 15 is 0 Å². The normalized spacial score (nSPS) is 17.5. The minimum absolute atomic E-state index is 0.119. The van der Waals surface area contributed by atoms with Crippen molar-refractivity contribution in [1.82, 2.24) is 14.7 Å². The predicted molar refractivity (Wildman–Crippen MR) is 88.8 cm³/mol. The second-order valence-corrected chi connectivity index (χ2v) is 6.10. The van der Waals surface area contributed by atoms with Crippen LogP contribution in [0.4, 0.5) is 10.5 Å². The van der Waals surface area contributed by atoms with Crippen molar-refractivity contribution in [2.24, 2.45) is 5.92 Å². The molecule has 1 aliphatic rings. The minimum atomic E-state index is -0.119. The molecular formula is C17H22N4O2. The van der Waals surface area contributed by atoms with Crippen molar-refractivity contribution in [1.29, 1.82) is 0 Å². The van der Waals surface area contributed by atoms with E-state index in [1.54, 1.807) is 4.90 Å².